The van der Waals surface area contributed by atoms with E-state index in [1.165, 1.54) is 6.92 Å². The van der Waals surface area contributed by atoms with Gasteiger partial charge < -0.3 is 10.1 Å². The van der Waals surface area contributed by atoms with Crippen LogP contribution in [0.3, 0.4) is 0 Å². The van der Waals surface area contributed by atoms with E-state index in [2.05, 4.69) is 5.32 Å². The average molecular weight is 269 g/mol. The fourth-order valence-electron chi connectivity index (χ4n) is 1.63. The SMILES string of the molecule is CC(=O)CCC(=O)NC(C(=O)C(C)(C)C)C(C)(C)C. The van der Waals surface area contributed by atoms with Gasteiger partial charge in [0.25, 0.3) is 0 Å². The second kappa shape index (κ2) is 6.31. The van der Waals surface area contributed by atoms with Gasteiger partial charge in [-0.2, -0.15) is 0 Å². The molecule has 0 saturated heterocycles. The molecule has 0 spiro atoms. The second-order valence-corrected chi connectivity index (χ2v) is 7.18. The monoisotopic (exact) mass is 269 g/mol. The van der Waals surface area contributed by atoms with E-state index >= 15 is 0 Å². The van der Waals surface area contributed by atoms with Gasteiger partial charge in [0.15, 0.2) is 5.78 Å². The van der Waals surface area contributed by atoms with E-state index in [-0.39, 0.29) is 35.7 Å². The first kappa shape index (κ1) is 17.8. The molecule has 1 amide bonds. The first-order chi connectivity index (χ1) is 8.35. The zero-order chi connectivity index (χ0) is 15.4. The van der Waals surface area contributed by atoms with E-state index in [0.29, 0.717) is 0 Å². The number of hydrogen-bond acceptors (Lipinski definition) is 3. The largest absolute Gasteiger partial charge is 0.346 e. The first-order valence-corrected chi connectivity index (χ1v) is 6.69. The Hall–Kier alpha value is -1.19. The lowest BCUT2D eigenvalue weighted by Crippen LogP contribution is -2.52. The molecule has 1 unspecified atom stereocenters. The summed E-state index contributed by atoms with van der Waals surface area (Å²) >= 11 is 0. The van der Waals surface area contributed by atoms with Crippen LogP contribution >= 0.6 is 0 Å². The molecule has 0 fully saturated rings. The Morgan fingerprint density at radius 2 is 1.42 bits per heavy atom. The lowest BCUT2D eigenvalue weighted by atomic mass is 9.75. The van der Waals surface area contributed by atoms with Crippen LogP contribution in [0.5, 0.6) is 0 Å². The van der Waals surface area contributed by atoms with Gasteiger partial charge in [0.05, 0.1) is 6.04 Å². The van der Waals surface area contributed by atoms with Crippen LogP contribution in [0.15, 0.2) is 0 Å². The van der Waals surface area contributed by atoms with Crippen molar-refractivity contribution in [2.24, 2.45) is 10.8 Å². The second-order valence-electron chi connectivity index (χ2n) is 7.18. The zero-order valence-corrected chi connectivity index (χ0v) is 13.2. The van der Waals surface area contributed by atoms with Crippen molar-refractivity contribution < 1.29 is 14.4 Å². The van der Waals surface area contributed by atoms with E-state index in [4.69, 9.17) is 0 Å². The maximum absolute atomic E-state index is 12.4. The highest BCUT2D eigenvalue weighted by molar-refractivity contribution is 5.93. The molecule has 1 atom stereocenters. The van der Waals surface area contributed by atoms with Crippen molar-refractivity contribution in [3.63, 3.8) is 0 Å². The Labute approximate surface area is 116 Å². The van der Waals surface area contributed by atoms with Gasteiger partial charge in [0, 0.05) is 18.3 Å². The van der Waals surface area contributed by atoms with Crippen LogP contribution in [0.2, 0.25) is 0 Å². The molecule has 1 N–H and O–H groups in total. The number of carbonyl (C=O) groups excluding carboxylic acids is 3. The van der Waals surface area contributed by atoms with Gasteiger partial charge >= 0.3 is 0 Å². The molecule has 0 rings (SSSR count). The number of amides is 1. The minimum Gasteiger partial charge on any atom is -0.346 e. The number of rotatable bonds is 5. The van der Waals surface area contributed by atoms with Gasteiger partial charge in [0.1, 0.15) is 5.78 Å². The van der Waals surface area contributed by atoms with Crippen molar-refractivity contribution >= 4 is 17.5 Å². The highest BCUT2D eigenvalue weighted by atomic mass is 16.2. The number of hydrogen-bond donors (Lipinski definition) is 1. The molecule has 0 aliphatic heterocycles. The first-order valence-electron chi connectivity index (χ1n) is 6.69. The van der Waals surface area contributed by atoms with E-state index < -0.39 is 11.5 Å². The highest BCUT2D eigenvalue weighted by Gasteiger charge is 2.38. The topological polar surface area (TPSA) is 63.2 Å². The third-order valence-corrected chi connectivity index (χ3v) is 2.88. The van der Waals surface area contributed by atoms with E-state index in [9.17, 15) is 14.4 Å². The molecule has 0 radical (unpaired) electrons. The molecular formula is C15H27NO3. The number of Topliss-reactive ketones (excluding diaryl/α,β-unsaturated/α-hetero) is 2. The van der Waals surface area contributed by atoms with Crippen LogP contribution < -0.4 is 5.32 Å². The fraction of sp³-hybridized carbons (Fsp3) is 0.800. The molecule has 4 nitrogen and oxygen atoms in total. The quantitative estimate of drug-likeness (QED) is 0.834. The summed E-state index contributed by atoms with van der Waals surface area (Å²) in [5, 5.41) is 2.78. The summed E-state index contributed by atoms with van der Waals surface area (Å²) in [6.07, 6.45) is 0.353. The van der Waals surface area contributed by atoms with Crippen LogP contribution in [0.4, 0.5) is 0 Å². The molecule has 19 heavy (non-hydrogen) atoms. The number of nitrogens with one attached hydrogen (secondary N) is 1. The summed E-state index contributed by atoms with van der Waals surface area (Å²) in [5.74, 6) is -0.256. The summed E-state index contributed by atoms with van der Waals surface area (Å²) < 4.78 is 0. The van der Waals surface area contributed by atoms with Crippen molar-refractivity contribution in [2.45, 2.75) is 67.3 Å². The number of carbonyl (C=O) groups is 3. The predicted molar refractivity (Wildman–Crippen MR) is 75.8 cm³/mol. The Kier molecular flexibility index (Phi) is 5.91. The maximum atomic E-state index is 12.4. The molecular weight excluding hydrogens is 242 g/mol. The Morgan fingerprint density at radius 1 is 0.947 bits per heavy atom. The van der Waals surface area contributed by atoms with Crippen molar-refractivity contribution in [3.8, 4) is 0 Å². The van der Waals surface area contributed by atoms with Crippen molar-refractivity contribution in [2.75, 3.05) is 0 Å². The van der Waals surface area contributed by atoms with Crippen LogP contribution in [-0.4, -0.2) is 23.5 Å². The lowest BCUT2D eigenvalue weighted by Gasteiger charge is -2.34. The molecule has 0 aromatic heterocycles. The third-order valence-electron chi connectivity index (χ3n) is 2.88. The van der Waals surface area contributed by atoms with Gasteiger partial charge in [-0.3, -0.25) is 9.59 Å². The Morgan fingerprint density at radius 3 is 1.74 bits per heavy atom. The smallest absolute Gasteiger partial charge is 0.221 e. The van der Waals surface area contributed by atoms with Gasteiger partial charge in [-0.25, -0.2) is 0 Å². The molecule has 0 bridgehead atoms. The van der Waals surface area contributed by atoms with Crippen LogP contribution in [0, 0.1) is 10.8 Å². The molecule has 0 aliphatic rings. The normalized spacial score (nSPS) is 13.8. The third kappa shape index (κ3) is 6.50. The van der Waals surface area contributed by atoms with E-state index in [1.54, 1.807) is 0 Å². The Bertz CT molecular complexity index is 359. The van der Waals surface area contributed by atoms with Crippen molar-refractivity contribution in [1.29, 1.82) is 0 Å². The number of ketones is 2. The zero-order valence-electron chi connectivity index (χ0n) is 13.2. The molecule has 0 heterocycles. The lowest BCUT2D eigenvalue weighted by molar-refractivity contribution is -0.135. The van der Waals surface area contributed by atoms with Gasteiger partial charge in [0.2, 0.25) is 5.91 Å². The van der Waals surface area contributed by atoms with Crippen LogP contribution in [0.1, 0.15) is 61.3 Å². The van der Waals surface area contributed by atoms with E-state index in [0.717, 1.165) is 0 Å². The summed E-state index contributed by atoms with van der Waals surface area (Å²) in [7, 11) is 0. The maximum Gasteiger partial charge on any atom is 0.221 e. The molecule has 0 saturated carbocycles. The minimum absolute atomic E-state index is 0.0103. The molecule has 4 heteroatoms. The molecule has 0 aliphatic carbocycles. The van der Waals surface area contributed by atoms with Crippen LogP contribution in [0.25, 0.3) is 0 Å². The van der Waals surface area contributed by atoms with Gasteiger partial charge in [-0.05, 0) is 12.3 Å². The Balaban J connectivity index is 4.86. The fourth-order valence-corrected chi connectivity index (χ4v) is 1.63. The molecule has 0 aromatic carbocycles. The van der Waals surface area contributed by atoms with Crippen molar-refractivity contribution in [3.05, 3.63) is 0 Å². The van der Waals surface area contributed by atoms with E-state index in [1.807, 2.05) is 41.5 Å². The average Bonchev–Trinajstić information content (AvgIpc) is 2.19. The minimum atomic E-state index is -0.535. The molecule has 0 aromatic rings. The van der Waals surface area contributed by atoms with Crippen molar-refractivity contribution in [1.82, 2.24) is 5.32 Å². The summed E-state index contributed by atoms with van der Waals surface area (Å²) in [6, 6.07) is -0.535. The summed E-state index contributed by atoms with van der Waals surface area (Å²) in [4.78, 5) is 35.1. The highest BCUT2D eigenvalue weighted by Crippen LogP contribution is 2.27. The van der Waals surface area contributed by atoms with Gasteiger partial charge in [-0.1, -0.05) is 41.5 Å². The molecule has 110 valence electrons. The van der Waals surface area contributed by atoms with Crippen LogP contribution in [-0.2, 0) is 14.4 Å². The standard InChI is InChI=1S/C15H27NO3/c1-10(17)8-9-11(18)16-12(14(2,3)4)13(19)15(5,6)7/h12H,8-9H2,1-7H3,(H,16,18). The summed E-state index contributed by atoms with van der Waals surface area (Å²) in [5.41, 5.74) is -0.859. The van der Waals surface area contributed by atoms with Gasteiger partial charge in [-0.15, -0.1) is 0 Å². The summed E-state index contributed by atoms with van der Waals surface area (Å²) in [6.45, 7) is 12.8. The predicted octanol–water partition coefficient (Wildman–Crippen LogP) is 2.50.